The fourth-order valence-electron chi connectivity index (χ4n) is 10.3. The smallest absolute Gasteiger partial charge is 0.412 e. The fourth-order valence-corrected chi connectivity index (χ4v) is 10.6. The number of anilines is 3. The molecule has 3 fully saturated rings. The van der Waals surface area contributed by atoms with E-state index in [1.165, 1.54) is 45.4 Å². The summed E-state index contributed by atoms with van der Waals surface area (Å²) in [6.07, 6.45) is -0.363. The molecule has 9 amide bonds. The second-order valence-electron chi connectivity index (χ2n) is 21.7. The number of carbonyl (C=O) groups excluding carboxylic acids is 9. The number of nitrogens with one attached hydrogen (secondary N) is 6. The van der Waals surface area contributed by atoms with Gasteiger partial charge in [-0.1, -0.05) is 48.9 Å². The molecule has 6 rings (SSSR count). The van der Waals surface area contributed by atoms with Crippen molar-refractivity contribution in [1.82, 2.24) is 26.3 Å². The molecule has 9 N–H and O–H groups in total. The van der Waals surface area contributed by atoms with Gasteiger partial charge in [0.15, 0.2) is 5.72 Å². The highest BCUT2D eigenvalue weighted by Crippen LogP contribution is 2.49. The van der Waals surface area contributed by atoms with Crippen LogP contribution >= 0.6 is 11.6 Å². The van der Waals surface area contributed by atoms with Crippen molar-refractivity contribution in [2.24, 2.45) is 11.7 Å². The first-order chi connectivity index (χ1) is 40.2. The lowest BCUT2D eigenvalue weighted by molar-refractivity contribution is -0.197. The Morgan fingerprint density at radius 1 is 0.965 bits per heavy atom. The van der Waals surface area contributed by atoms with E-state index in [9.17, 15) is 48.3 Å². The van der Waals surface area contributed by atoms with Gasteiger partial charge in [0, 0.05) is 76.5 Å². The van der Waals surface area contributed by atoms with E-state index in [1.54, 1.807) is 58.0 Å². The van der Waals surface area contributed by atoms with E-state index in [-0.39, 0.29) is 55.8 Å². The van der Waals surface area contributed by atoms with E-state index >= 15 is 0 Å². The first-order valence-electron chi connectivity index (χ1n) is 27.9. The number of aliphatic hydroxyl groups is 1. The number of rotatable bonds is 22. The number of imide groups is 1. The van der Waals surface area contributed by atoms with Crippen LogP contribution in [0.5, 0.6) is 5.75 Å². The van der Waals surface area contributed by atoms with Gasteiger partial charge in [0.2, 0.25) is 17.7 Å². The lowest BCUT2D eigenvalue weighted by Crippen LogP contribution is -2.63. The number of urea groups is 1. The standard InChI is InChI=1S/C58H78ClN9O17/c1-31-15-13-18-43(81-10)58(78)30-42(82-56(77)66-58)34(4)51-57(6,84-51)44(29-47(71)67(7)40-27-36(25-31)28-41(80-9)49(40)59)83-55(76)63-37-20-21-38(32(2)26-37)64-52(73)39(17-14-24-61-54(60)75)65-53(74)50(35(5)79-8)62-33(3)16-11-12-19-48(72)85-68-45(69)22-23-46(68)70/h13,15,18,20-21,26-28,34-35,39,42-44,50-51,62,78H,3,11-12,14,16-17,19,22-25,29-30H2,1-2,4-10H3,(H,63,76)(H,64,73)(H,65,74)(H,66,77)(H3,60,61,75)/b18-13+,31-15+/t34-,35?,39+,42+,43-,44+,50+,51+,57+,58+/m1/s1. The third kappa shape index (κ3) is 17.4. The minimum atomic E-state index is -1.90. The summed E-state index contributed by atoms with van der Waals surface area (Å²) in [6.45, 7) is 12.7. The highest BCUT2D eigenvalue weighted by atomic mass is 35.5. The van der Waals surface area contributed by atoms with Crippen molar-refractivity contribution >= 4 is 82.4 Å². The average Bonchev–Trinajstić information content (AvgIpc) is 1.65. The quantitative estimate of drug-likeness (QED) is 0.0425. The number of hydroxylamine groups is 2. The molecule has 3 saturated heterocycles. The number of fused-ring (bicyclic) bond motifs is 5. The number of aryl methyl sites for hydroxylation is 1. The number of halogens is 1. The summed E-state index contributed by atoms with van der Waals surface area (Å²) in [5.41, 5.74) is 5.42. The highest BCUT2D eigenvalue weighted by molar-refractivity contribution is 6.35. The van der Waals surface area contributed by atoms with E-state index in [0.29, 0.717) is 59.1 Å². The molecular formula is C58H78ClN9O17. The zero-order valence-electron chi connectivity index (χ0n) is 49.3. The first kappa shape index (κ1) is 66.4. The number of hydrogen-bond donors (Lipinski definition) is 8. The third-order valence-corrected chi connectivity index (χ3v) is 15.7. The Labute approximate surface area is 498 Å². The van der Waals surface area contributed by atoms with E-state index in [1.807, 2.05) is 13.0 Å². The van der Waals surface area contributed by atoms with Gasteiger partial charge in [0.1, 0.15) is 46.8 Å². The number of carbonyl (C=O) groups is 9. The average molecular weight is 1210 g/mol. The molecule has 85 heavy (non-hydrogen) atoms. The van der Waals surface area contributed by atoms with Crippen LogP contribution in [0.2, 0.25) is 5.02 Å². The summed E-state index contributed by atoms with van der Waals surface area (Å²) in [5, 5.41) is 28.9. The summed E-state index contributed by atoms with van der Waals surface area (Å²) < 4.78 is 34.9. The number of ether oxygens (including phenoxy) is 6. The molecule has 4 heterocycles. The number of hydrogen-bond acceptors (Lipinski definition) is 18. The van der Waals surface area contributed by atoms with Gasteiger partial charge in [-0.05, 0) is 108 Å². The van der Waals surface area contributed by atoms with Crippen LogP contribution in [0.25, 0.3) is 0 Å². The Kier molecular flexibility index (Phi) is 22.9. The van der Waals surface area contributed by atoms with Crippen molar-refractivity contribution in [2.75, 3.05) is 50.5 Å². The predicted octanol–water partition coefficient (Wildman–Crippen LogP) is 5.23. The van der Waals surface area contributed by atoms with Crippen molar-refractivity contribution in [1.29, 1.82) is 0 Å². The van der Waals surface area contributed by atoms with Crippen molar-refractivity contribution in [3.8, 4) is 5.75 Å². The predicted molar refractivity (Wildman–Crippen MR) is 309 cm³/mol. The SMILES string of the molecule is C=C(CCCCC(=O)ON1C(=O)CCC1=O)N[C@H](C(=O)N[C@@H](CCCNC(N)=O)C(=O)Nc1ccc(NC(=O)O[C@H]2CC(=O)N(C)c3cc(cc(OC)c3Cl)C/C(C)=C/C=C/[C@@H](OC)[C@@]3(O)C[C@H](OC(=O)N3)[C@@H](C)[C@@H]3O[C@@]23C)cc1C)C(C)OC. The van der Waals surface area contributed by atoms with Gasteiger partial charge in [-0.25, -0.2) is 19.2 Å². The lowest BCUT2D eigenvalue weighted by Gasteiger charge is -2.42. The highest BCUT2D eigenvalue weighted by Gasteiger charge is 2.64. The summed E-state index contributed by atoms with van der Waals surface area (Å²) in [6, 6.07) is 5.10. The maximum absolute atomic E-state index is 14.4. The zero-order chi connectivity index (χ0) is 62.5. The molecule has 2 aromatic rings. The van der Waals surface area contributed by atoms with Crippen LogP contribution in [0.15, 0.2) is 66.4 Å². The van der Waals surface area contributed by atoms with Gasteiger partial charge in [-0.3, -0.25) is 34.6 Å². The molecule has 0 spiro atoms. The number of nitrogens with two attached hydrogens (primary N) is 1. The Balaban J connectivity index is 1.16. The number of methoxy groups -OCH3 is 3. The largest absolute Gasteiger partial charge is 0.495 e. The molecule has 4 bridgehead atoms. The number of allylic oxidation sites excluding steroid dienone is 4. The monoisotopic (exact) mass is 1210 g/mol. The molecule has 0 aromatic heterocycles. The molecule has 0 radical (unpaired) electrons. The normalized spacial score (nSPS) is 25.3. The van der Waals surface area contributed by atoms with Crippen molar-refractivity contribution in [3.05, 3.63) is 82.6 Å². The molecular weight excluding hydrogens is 1130 g/mol. The van der Waals surface area contributed by atoms with Crippen molar-refractivity contribution in [3.63, 3.8) is 0 Å². The van der Waals surface area contributed by atoms with Crippen LogP contribution in [-0.4, -0.2) is 153 Å². The Hall–Kier alpha value is -7.78. The van der Waals surface area contributed by atoms with E-state index < -0.39 is 120 Å². The minimum absolute atomic E-state index is 0.0250. The Morgan fingerprint density at radius 2 is 1.67 bits per heavy atom. The van der Waals surface area contributed by atoms with Crippen LogP contribution in [0.3, 0.4) is 0 Å². The molecule has 0 saturated carbocycles. The van der Waals surface area contributed by atoms with Gasteiger partial charge >= 0.3 is 24.2 Å². The van der Waals surface area contributed by atoms with E-state index in [4.69, 9.17) is 50.6 Å². The number of epoxide rings is 1. The van der Waals surface area contributed by atoms with E-state index in [0.717, 1.165) is 11.1 Å². The summed E-state index contributed by atoms with van der Waals surface area (Å²) >= 11 is 6.84. The molecule has 4 aliphatic rings. The Bertz CT molecular complexity index is 2930. The van der Waals surface area contributed by atoms with Gasteiger partial charge in [0.05, 0.1) is 31.4 Å². The van der Waals surface area contributed by atoms with Crippen molar-refractivity contribution < 1.29 is 81.5 Å². The maximum atomic E-state index is 14.4. The van der Waals surface area contributed by atoms with E-state index in [2.05, 4.69) is 38.5 Å². The number of primary amides is 1. The fraction of sp³-hybridized carbons (Fsp3) is 0.534. The van der Waals surface area contributed by atoms with Gasteiger partial charge < -0.3 is 70.3 Å². The van der Waals surface area contributed by atoms with Crippen LogP contribution in [0, 0.1) is 12.8 Å². The minimum Gasteiger partial charge on any atom is -0.495 e. The zero-order valence-corrected chi connectivity index (χ0v) is 50.0. The molecule has 27 heteroatoms. The molecule has 2 aromatic carbocycles. The molecule has 1 unspecified atom stereocenters. The molecule has 0 aliphatic carbocycles. The summed E-state index contributed by atoms with van der Waals surface area (Å²) in [7, 11) is 5.80. The topological polar surface area (TPSA) is 346 Å². The van der Waals surface area contributed by atoms with Gasteiger partial charge in [-0.15, -0.1) is 5.06 Å². The number of unbranched alkanes of at least 4 members (excludes halogenated alkanes) is 1. The number of benzene rings is 2. The van der Waals surface area contributed by atoms with Gasteiger partial charge in [0.25, 0.3) is 11.8 Å². The molecule has 464 valence electrons. The number of alkyl carbamates (subject to hydrolysis) is 1. The van der Waals surface area contributed by atoms with Crippen LogP contribution in [-0.2, 0) is 63.7 Å². The molecule has 26 nitrogen and oxygen atoms in total. The first-order valence-corrected chi connectivity index (χ1v) is 28.2. The van der Waals surface area contributed by atoms with Crippen molar-refractivity contribution in [2.45, 2.75) is 159 Å². The number of amides is 9. The summed E-state index contributed by atoms with van der Waals surface area (Å²) in [5.74, 6) is -3.97. The summed E-state index contributed by atoms with van der Waals surface area (Å²) in [4.78, 5) is 123. The maximum Gasteiger partial charge on any atom is 0.412 e. The molecule has 4 aliphatic heterocycles. The molecule has 10 atom stereocenters. The third-order valence-electron chi connectivity index (χ3n) is 15.3. The van der Waals surface area contributed by atoms with Crippen LogP contribution < -0.4 is 47.3 Å². The van der Waals surface area contributed by atoms with Gasteiger partial charge in [-0.2, -0.15) is 0 Å². The number of nitrogens with zero attached hydrogens (tertiary/aromatic N) is 2. The second kappa shape index (κ2) is 29.3. The van der Waals surface area contributed by atoms with Crippen LogP contribution in [0.4, 0.5) is 31.4 Å². The Morgan fingerprint density at radius 3 is 2.33 bits per heavy atom. The second-order valence-corrected chi connectivity index (χ2v) is 22.1. The van der Waals surface area contributed by atoms with Crippen LogP contribution in [0.1, 0.15) is 103 Å². The lowest BCUT2D eigenvalue weighted by atomic mass is 9.83.